The van der Waals surface area contributed by atoms with Gasteiger partial charge in [-0.3, -0.25) is 14.3 Å². The summed E-state index contributed by atoms with van der Waals surface area (Å²) in [4.78, 5) is 30.5. The number of methoxy groups -OCH3 is 1. The lowest BCUT2D eigenvalue weighted by molar-refractivity contribution is -0.139. The van der Waals surface area contributed by atoms with Crippen molar-refractivity contribution < 1.29 is 18.5 Å². The number of benzene rings is 3. The predicted molar refractivity (Wildman–Crippen MR) is 193 cm³/mol. The van der Waals surface area contributed by atoms with Gasteiger partial charge in [-0.15, -0.1) is 0 Å². The highest BCUT2D eigenvalue weighted by Gasteiger charge is 2.64. The normalized spacial score (nSPS) is 24.0. The molecule has 2 saturated carbocycles. The summed E-state index contributed by atoms with van der Waals surface area (Å²) in [5.41, 5.74) is 6.86. The van der Waals surface area contributed by atoms with Crippen molar-refractivity contribution in [1.29, 1.82) is 0 Å². The second-order valence-electron chi connectivity index (χ2n) is 14.4. The van der Waals surface area contributed by atoms with Gasteiger partial charge < -0.3 is 19.5 Å². The van der Waals surface area contributed by atoms with Crippen molar-refractivity contribution in [1.82, 2.24) is 23.8 Å². The van der Waals surface area contributed by atoms with E-state index in [2.05, 4.69) is 62.0 Å². The van der Waals surface area contributed by atoms with Crippen LogP contribution in [-0.2, 0) is 22.5 Å². The summed E-state index contributed by atoms with van der Waals surface area (Å²) in [5.74, 6) is 1.08. The average molecular weight is 680 g/mol. The van der Waals surface area contributed by atoms with Gasteiger partial charge in [-0.05, 0) is 72.2 Å². The monoisotopic (exact) mass is 679 g/mol. The van der Waals surface area contributed by atoms with E-state index in [1.165, 1.54) is 46.0 Å². The highest BCUT2D eigenvalue weighted by atomic mass is 32.2. The summed E-state index contributed by atoms with van der Waals surface area (Å²) in [6.07, 6.45) is 6.65. The molecule has 10 heteroatoms. The van der Waals surface area contributed by atoms with Crippen LogP contribution in [0.3, 0.4) is 0 Å². The number of fused-ring (bicyclic) bond motifs is 7. The Morgan fingerprint density at radius 2 is 1.82 bits per heavy atom. The summed E-state index contributed by atoms with van der Waals surface area (Å²) < 4.78 is 24.8. The van der Waals surface area contributed by atoms with E-state index in [0.717, 1.165) is 48.0 Å². The smallest absolute Gasteiger partial charge is 0.264 e. The van der Waals surface area contributed by atoms with Gasteiger partial charge in [0.25, 0.3) is 5.91 Å². The molecule has 49 heavy (non-hydrogen) atoms. The van der Waals surface area contributed by atoms with E-state index in [1.54, 1.807) is 21.2 Å². The molecule has 0 bridgehead atoms. The zero-order valence-electron chi connectivity index (χ0n) is 28.5. The number of amides is 2. The molecule has 8 rings (SSSR count). The van der Waals surface area contributed by atoms with Gasteiger partial charge in [-0.2, -0.15) is 0 Å². The number of piperazine rings is 1. The first-order chi connectivity index (χ1) is 23.8. The largest absolute Gasteiger partial charge is 0.497 e. The molecule has 256 valence electrons. The Kier molecular flexibility index (Phi) is 8.36. The molecule has 2 aliphatic carbocycles. The molecule has 4 aliphatic rings. The third-order valence-electron chi connectivity index (χ3n) is 11.4. The highest BCUT2D eigenvalue weighted by Crippen LogP contribution is 2.66. The molecule has 0 spiro atoms. The minimum absolute atomic E-state index is 0.0679. The van der Waals surface area contributed by atoms with Crippen LogP contribution < -0.4 is 14.8 Å². The fraction of sp³-hybridized carbons (Fsp3) is 0.436. The third kappa shape index (κ3) is 5.58. The quantitative estimate of drug-likeness (QED) is 0.254. The van der Waals surface area contributed by atoms with Crippen LogP contribution in [0.2, 0.25) is 0 Å². The lowest BCUT2D eigenvalue weighted by atomic mass is 9.81. The summed E-state index contributed by atoms with van der Waals surface area (Å²) in [6.45, 7) is 2.58. The van der Waals surface area contributed by atoms with E-state index in [4.69, 9.17) is 4.74 Å². The minimum atomic E-state index is -1.64. The SMILES string of the molecule is COc1ccc2c(c1)C1CC1(C(=O)N1CCNC(c3ccccc3)C1)Cn1c-2c(C2CCCCC2)c2ccc(C(=O)NS(=O)N(C)C)cc21. The van der Waals surface area contributed by atoms with Crippen molar-refractivity contribution in [3.05, 3.63) is 89.0 Å². The Morgan fingerprint density at radius 1 is 1.02 bits per heavy atom. The van der Waals surface area contributed by atoms with Crippen molar-refractivity contribution in [3.8, 4) is 17.0 Å². The first kappa shape index (κ1) is 32.2. The van der Waals surface area contributed by atoms with Crippen LogP contribution in [0.4, 0.5) is 0 Å². The topological polar surface area (TPSA) is 95.9 Å². The number of carbonyl (C=O) groups is 2. The zero-order valence-corrected chi connectivity index (χ0v) is 29.4. The Balaban J connectivity index is 1.27. The van der Waals surface area contributed by atoms with Gasteiger partial charge in [0.1, 0.15) is 5.75 Å². The van der Waals surface area contributed by atoms with E-state index in [-0.39, 0.29) is 23.8 Å². The Hall–Kier alpha value is -3.99. The van der Waals surface area contributed by atoms with E-state index in [1.807, 2.05) is 24.3 Å². The number of hydrogen-bond acceptors (Lipinski definition) is 5. The van der Waals surface area contributed by atoms with Crippen molar-refractivity contribution >= 4 is 33.9 Å². The van der Waals surface area contributed by atoms with Crippen molar-refractivity contribution in [3.63, 3.8) is 0 Å². The number of nitrogens with zero attached hydrogens (tertiary/aromatic N) is 3. The molecule has 4 unspecified atom stereocenters. The molecule has 0 radical (unpaired) electrons. The van der Waals surface area contributed by atoms with Crippen molar-refractivity contribution in [2.24, 2.45) is 5.41 Å². The molecule has 2 amide bonds. The van der Waals surface area contributed by atoms with Crippen LogP contribution in [0, 0.1) is 5.41 Å². The summed E-state index contributed by atoms with van der Waals surface area (Å²) in [6, 6.07) is 22.8. The molecule has 3 fully saturated rings. The predicted octanol–water partition coefficient (Wildman–Crippen LogP) is 5.90. The van der Waals surface area contributed by atoms with Gasteiger partial charge in [0, 0.05) is 74.3 Å². The lowest BCUT2D eigenvalue weighted by Crippen LogP contribution is -2.51. The maximum Gasteiger partial charge on any atom is 0.264 e. The number of aromatic nitrogens is 1. The first-order valence-corrected chi connectivity index (χ1v) is 18.7. The number of ether oxygens (including phenoxy) is 1. The minimum Gasteiger partial charge on any atom is -0.497 e. The number of nitrogens with one attached hydrogen (secondary N) is 2. The Morgan fingerprint density at radius 3 is 2.57 bits per heavy atom. The van der Waals surface area contributed by atoms with Gasteiger partial charge in [-0.25, -0.2) is 8.51 Å². The van der Waals surface area contributed by atoms with Crippen molar-refractivity contribution in [2.75, 3.05) is 40.8 Å². The fourth-order valence-corrected chi connectivity index (χ4v) is 9.27. The lowest BCUT2D eigenvalue weighted by Gasteiger charge is -2.36. The van der Waals surface area contributed by atoms with Gasteiger partial charge >= 0.3 is 0 Å². The molecular weight excluding hydrogens is 635 g/mol. The van der Waals surface area contributed by atoms with Crippen LogP contribution in [0.1, 0.15) is 83.5 Å². The van der Waals surface area contributed by atoms with E-state index >= 15 is 0 Å². The van der Waals surface area contributed by atoms with Crippen LogP contribution in [0.15, 0.2) is 66.7 Å². The summed E-state index contributed by atoms with van der Waals surface area (Å²) in [7, 11) is 5.03. The van der Waals surface area contributed by atoms with E-state index in [9.17, 15) is 13.8 Å². The van der Waals surface area contributed by atoms with Crippen LogP contribution in [0.5, 0.6) is 5.75 Å². The molecule has 1 saturated heterocycles. The number of carbonyl (C=O) groups excluding carboxylic acids is 2. The van der Waals surface area contributed by atoms with Gasteiger partial charge in [0.15, 0.2) is 11.2 Å². The molecule has 1 aromatic heterocycles. The summed E-state index contributed by atoms with van der Waals surface area (Å²) in [5, 5.41) is 4.77. The molecule has 2 aliphatic heterocycles. The molecular formula is C39H45N5O4S. The Labute approximate surface area is 290 Å². The molecule has 3 aromatic carbocycles. The molecule has 4 aromatic rings. The fourth-order valence-electron chi connectivity index (χ4n) is 8.81. The molecule has 3 heterocycles. The Bertz CT molecular complexity index is 1950. The summed E-state index contributed by atoms with van der Waals surface area (Å²) >= 11 is -1.64. The van der Waals surface area contributed by atoms with Gasteiger partial charge in [0.05, 0.1) is 18.2 Å². The van der Waals surface area contributed by atoms with E-state index in [0.29, 0.717) is 31.1 Å². The zero-order chi connectivity index (χ0) is 33.9. The molecule has 4 atom stereocenters. The standard InChI is InChI=1S/C39H45N5O4S/c1-42(2)49(47)41-37(45)27-14-16-30-34(20-27)44-24-39(38(46)43-19-18-40-33(23-43)25-10-6-4-7-11-25)22-32(39)31-21-28(48-3)15-17-29(31)36(44)35(30)26-12-8-5-9-13-26/h4,6-7,10-11,14-17,20-21,26,32-33,40H,5,8-9,12-13,18-19,22-24H2,1-3H3,(H,41,45). The van der Waals surface area contributed by atoms with Crippen molar-refractivity contribution in [2.45, 2.75) is 62.9 Å². The molecule has 2 N–H and O–H groups in total. The van der Waals surface area contributed by atoms with Crippen LogP contribution in [0.25, 0.3) is 22.2 Å². The number of hydrogen-bond donors (Lipinski definition) is 2. The van der Waals surface area contributed by atoms with Gasteiger partial charge in [-0.1, -0.05) is 55.7 Å². The first-order valence-electron chi connectivity index (χ1n) is 17.6. The van der Waals surface area contributed by atoms with Gasteiger partial charge in [0.2, 0.25) is 5.91 Å². The maximum atomic E-state index is 15.0. The highest BCUT2D eigenvalue weighted by molar-refractivity contribution is 7.81. The third-order valence-corrected chi connectivity index (χ3v) is 12.4. The second kappa shape index (κ2) is 12.7. The number of rotatable bonds is 7. The van der Waals surface area contributed by atoms with Crippen LogP contribution >= 0.6 is 0 Å². The average Bonchev–Trinajstić information content (AvgIpc) is 3.81. The van der Waals surface area contributed by atoms with E-state index < -0.39 is 16.6 Å². The second-order valence-corrected chi connectivity index (χ2v) is 15.9. The molecule has 9 nitrogen and oxygen atoms in total. The van der Waals surface area contributed by atoms with Crippen LogP contribution in [-0.4, -0.2) is 70.6 Å². The maximum absolute atomic E-state index is 15.0.